The molecule has 1 aliphatic carbocycles. The number of pyridine rings is 1. The lowest BCUT2D eigenvalue weighted by Gasteiger charge is -2.14. The topological polar surface area (TPSA) is 38.9 Å². The first-order valence-electron chi connectivity index (χ1n) is 6.25. The van der Waals surface area contributed by atoms with E-state index < -0.39 is 0 Å². The van der Waals surface area contributed by atoms with Gasteiger partial charge in [-0.1, -0.05) is 37.3 Å². The number of anilines is 1. The van der Waals surface area contributed by atoms with Crippen molar-refractivity contribution < 1.29 is 0 Å². The van der Waals surface area contributed by atoms with E-state index in [1.807, 2.05) is 12.1 Å². The molecule has 2 N–H and O–H groups in total. The molecule has 0 spiro atoms. The Bertz CT molecular complexity index is 614. The summed E-state index contributed by atoms with van der Waals surface area (Å²) in [7, 11) is 0. The van der Waals surface area contributed by atoms with Gasteiger partial charge in [0.1, 0.15) is 5.82 Å². The van der Waals surface area contributed by atoms with Crippen molar-refractivity contribution in [3.63, 3.8) is 0 Å². The van der Waals surface area contributed by atoms with Crippen LogP contribution in [0.15, 0.2) is 42.6 Å². The average Bonchev–Trinajstić information content (AvgIpc) is 2.85. The van der Waals surface area contributed by atoms with Crippen molar-refractivity contribution in [1.82, 2.24) is 4.98 Å². The number of rotatable bonds is 2. The zero-order valence-corrected chi connectivity index (χ0v) is 10.4. The molecule has 1 aromatic carbocycles. The van der Waals surface area contributed by atoms with Gasteiger partial charge in [0.2, 0.25) is 0 Å². The summed E-state index contributed by atoms with van der Waals surface area (Å²) in [6.45, 7) is 2.20. The summed E-state index contributed by atoms with van der Waals surface area (Å²) in [5.41, 5.74) is 11.0. The Hall–Kier alpha value is -2.09. The fourth-order valence-electron chi connectivity index (χ4n) is 2.46. The molecule has 0 radical (unpaired) electrons. The lowest BCUT2D eigenvalue weighted by atomic mass is 9.91. The summed E-state index contributed by atoms with van der Waals surface area (Å²) in [6, 6.07) is 10.7. The SMILES string of the molecule is CC(c1ccnc(N)c1)c1ccc2c(c1)C=CC2. The predicted molar refractivity (Wildman–Crippen MR) is 75.3 cm³/mol. The zero-order chi connectivity index (χ0) is 12.5. The van der Waals surface area contributed by atoms with Crippen LogP contribution in [-0.2, 0) is 6.42 Å². The number of nitrogen functional groups attached to an aromatic ring is 1. The molecular weight excluding hydrogens is 220 g/mol. The number of fused-ring (bicyclic) bond motifs is 1. The molecule has 1 heterocycles. The van der Waals surface area contributed by atoms with Crippen LogP contribution in [0.25, 0.3) is 6.08 Å². The van der Waals surface area contributed by atoms with Crippen molar-refractivity contribution >= 4 is 11.9 Å². The van der Waals surface area contributed by atoms with Gasteiger partial charge in [-0.2, -0.15) is 0 Å². The Morgan fingerprint density at radius 2 is 2.00 bits per heavy atom. The Morgan fingerprint density at radius 3 is 2.83 bits per heavy atom. The highest BCUT2D eigenvalue weighted by atomic mass is 14.8. The van der Waals surface area contributed by atoms with E-state index in [9.17, 15) is 0 Å². The number of allylic oxidation sites excluding steroid dienone is 1. The van der Waals surface area contributed by atoms with E-state index in [4.69, 9.17) is 5.73 Å². The second-order valence-electron chi connectivity index (χ2n) is 4.80. The van der Waals surface area contributed by atoms with Gasteiger partial charge in [0.15, 0.2) is 0 Å². The highest BCUT2D eigenvalue weighted by molar-refractivity contribution is 5.61. The minimum Gasteiger partial charge on any atom is -0.384 e. The van der Waals surface area contributed by atoms with Crippen molar-refractivity contribution in [2.45, 2.75) is 19.3 Å². The van der Waals surface area contributed by atoms with Crippen LogP contribution in [0.5, 0.6) is 0 Å². The van der Waals surface area contributed by atoms with E-state index in [0.717, 1.165) is 6.42 Å². The summed E-state index contributed by atoms with van der Waals surface area (Å²) >= 11 is 0. The van der Waals surface area contributed by atoms with E-state index in [-0.39, 0.29) is 0 Å². The maximum absolute atomic E-state index is 5.74. The van der Waals surface area contributed by atoms with Crippen molar-refractivity contribution in [1.29, 1.82) is 0 Å². The first kappa shape index (κ1) is 11.0. The van der Waals surface area contributed by atoms with Crippen LogP contribution >= 0.6 is 0 Å². The van der Waals surface area contributed by atoms with E-state index >= 15 is 0 Å². The van der Waals surface area contributed by atoms with Gasteiger partial charge < -0.3 is 5.73 Å². The lowest BCUT2D eigenvalue weighted by molar-refractivity contribution is 0.917. The van der Waals surface area contributed by atoms with Crippen molar-refractivity contribution in [3.05, 3.63) is 64.9 Å². The summed E-state index contributed by atoms with van der Waals surface area (Å²) in [5, 5.41) is 0. The molecule has 1 aromatic heterocycles. The number of nitrogens with two attached hydrogens (primary N) is 1. The van der Waals surface area contributed by atoms with Gasteiger partial charge in [-0.15, -0.1) is 0 Å². The summed E-state index contributed by atoms with van der Waals surface area (Å²) < 4.78 is 0. The third-order valence-corrected chi connectivity index (χ3v) is 3.61. The molecule has 0 saturated carbocycles. The van der Waals surface area contributed by atoms with Crippen LogP contribution in [0.4, 0.5) is 5.82 Å². The van der Waals surface area contributed by atoms with Crippen LogP contribution in [0.2, 0.25) is 0 Å². The number of hydrogen-bond acceptors (Lipinski definition) is 2. The van der Waals surface area contributed by atoms with Gasteiger partial charge >= 0.3 is 0 Å². The molecule has 3 rings (SSSR count). The summed E-state index contributed by atoms with van der Waals surface area (Å²) in [5.74, 6) is 0.926. The van der Waals surface area contributed by atoms with Gasteiger partial charge in [0.25, 0.3) is 0 Å². The normalized spacial score (nSPS) is 14.5. The third kappa shape index (κ3) is 1.90. The third-order valence-electron chi connectivity index (χ3n) is 3.61. The number of nitrogens with zero attached hydrogens (tertiary/aromatic N) is 1. The highest BCUT2D eigenvalue weighted by Crippen LogP contribution is 2.28. The molecule has 1 atom stereocenters. The van der Waals surface area contributed by atoms with E-state index in [0.29, 0.717) is 11.7 Å². The molecule has 0 amide bonds. The molecule has 0 aliphatic heterocycles. The Morgan fingerprint density at radius 1 is 1.17 bits per heavy atom. The Labute approximate surface area is 107 Å². The molecule has 2 aromatic rings. The first-order valence-corrected chi connectivity index (χ1v) is 6.25. The minimum absolute atomic E-state index is 0.342. The molecule has 0 bridgehead atoms. The second kappa shape index (κ2) is 4.30. The number of hydrogen-bond donors (Lipinski definition) is 1. The quantitative estimate of drug-likeness (QED) is 0.868. The molecule has 2 nitrogen and oxygen atoms in total. The van der Waals surface area contributed by atoms with E-state index in [1.165, 1.54) is 22.3 Å². The number of aromatic nitrogens is 1. The van der Waals surface area contributed by atoms with Gasteiger partial charge in [0, 0.05) is 12.1 Å². The van der Waals surface area contributed by atoms with Crippen molar-refractivity contribution in [2.24, 2.45) is 0 Å². The van der Waals surface area contributed by atoms with Crippen LogP contribution in [0.1, 0.15) is 35.1 Å². The van der Waals surface area contributed by atoms with Crippen LogP contribution < -0.4 is 5.73 Å². The lowest BCUT2D eigenvalue weighted by Crippen LogP contribution is -1.99. The Kier molecular flexibility index (Phi) is 2.63. The molecule has 1 unspecified atom stereocenters. The highest BCUT2D eigenvalue weighted by Gasteiger charge is 2.12. The standard InChI is InChI=1S/C16H16N2/c1-11(14-7-8-18-16(17)10-14)13-6-5-12-3-2-4-15(12)9-13/h2,4-11H,3H2,1H3,(H2,17,18). The molecule has 0 fully saturated rings. The monoisotopic (exact) mass is 236 g/mol. The number of benzene rings is 1. The second-order valence-corrected chi connectivity index (χ2v) is 4.80. The fraction of sp³-hybridized carbons (Fsp3) is 0.188. The van der Waals surface area contributed by atoms with Gasteiger partial charge in [-0.25, -0.2) is 4.98 Å². The fourth-order valence-corrected chi connectivity index (χ4v) is 2.46. The average molecular weight is 236 g/mol. The summed E-state index contributed by atoms with van der Waals surface area (Å²) in [4.78, 5) is 4.04. The first-order chi connectivity index (χ1) is 8.74. The van der Waals surface area contributed by atoms with Gasteiger partial charge in [0.05, 0.1) is 0 Å². The van der Waals surface area contributed by atoms with Crippen LogP contribution in [0, 0.1) is 0 Å². The van der Waals surface area contributed by atoms with Gasteiger partial charge in [-0.05, 0) is 40.8 Å². The van der Waals surface area contributed by atoms with E-state index in [1.54, 1.807) is 6.20 Å². The maximum atomic E-state index is 5.74. The predicted octanol–water partition coefficient (Wildman–Crippen LogP) is 3.38. The Balaban J connectivity index is 1.97. The molecule has 2 heteroatoms. The van der Waals surface area contributed by atoms with Gasteiger partial charge in [-0.3, -0.25) is 0 Å². The molecule has 0 saturated heterocycles. The largest absolute Gasteiger partial charge is 0.384 e. The van der Waals surface area contributed by atoms with Crippen LogP contribution in [-0.4, -0.2) is 4.98 Å². The maximum Gasteiger partial charge on any atom is 0.123 e. The van der Waals surface area contributed by atoms with Crippen molar-refractivity contribution in [2.75, 3.05) is 5.73 Å². The minimum atomic E-state index is 0.342. The molecule has 1 aliphatic rings. The van der Waals surface area contributed by atoms with E-state index in [2.05, 4.69) is 42.3 Å². The molecule has 90 valence electrons. The zero-order valence-electron chi connectivity index (χ0n) is 10.4. The summed E-state index contributed by atoms with van der Waals surface area (Å²) in [6.07, 6.45) is 7.25. The van der Waals surface area contributed by atoms with Crippen molar-refractivity contribution in [3.8, 4) is 0 Å². The smallest absolute Gasteiger partial charge is 0.123 e. The molecule has 18 heavy (non-hydrogen) atoms. The molecular formula is C16H16N2. The van der Waals surface area contributed by atoms with Crippen LogP contribution in [0.3, 0.4) is 0 Å².